The molecule has 0 unspecified atom stereocenters. The van der Waals surface area contributed by atoms with Crippen LogP contribution in [-0.2, 0) is 6.61 Å². The number of nitrogens with zero attached hydrogens (tertiary/aromatic N) is 3. The second kappa shape index (κ2) is 10.1. The van der Waals surface area contributed by atoms with Crippen molar-refractivity contribution in [1.29, 1.82) is 5.26 Å². The van der Waals surface area contributed by atoms with E-state index in [1.165, 1.54) is 30.5 Å². The number of hydrogen-bond acceptors (Lipinski definition) is 6. The molecule has 8 nitrogen and oxygen atoms in total. The number of hydrazone groups is 1. The molecule has 0 radical (unpaired) electrons. The maximum absolute atomic E-state index is 12.2. The van der Waals surface area contributed by atoms with E-state index in [0.29, 0.717) is 21.3 Å². The van der Waals surface area contributed by atoms with Gasteiger partial charge in [-0.3, -0.25) is 14.9 Å². The molecule has 0 aliphatic heterocycles. The highest BCUT2D eigenvalue weighted by Crippen LogP contribution is 2.26. The molecule has 0 heterocycles. The third-order valence-electron chi connectivity index (χ3n) is 4.20. The molecule has 3 rings (SSSR count). The zero-order chi connectivity index (χ0) is 22.2. The van der Waals surface area contributed by atoms with Crippen LogP contribution in [0, 0.1) is 21.4 Å². The van der Waals surface area contributed by atoms with Gasteiger partial charge < -0.3 is 4.74 Å². The maximum atomic E-state index is 12.2. The van der Waals surface area contributed by atoms with Gasteiger partial charge in [0.2, 0.25) is 0 Å². The topological polar surface area (TPSA) is 118 Å². The summed E-state index contributed by atoms with van der Waals surface area (Å²) in [5.41, 5.74) is 3.91. The summed E-state index contributed by atoms with van der Waals surface area (Å²) in [6.07, 6.45) is 1.41. The van der Waals surface area contributed by atoms with Gasteiger partial charge in [-0.15, -0.1) is 0 Å². The Hall–Kier alpha value is -4.03. The fraction of sp³-hybridized carbons (Fsp3) is 0.0455. The molecule has 0 fully saturated rings. The minimum Gasteiger partial charge on any atom is -0.488 e. The molecule has 3 aromatic carbocycles. The highest BCUT2D eigenvalue weighted by atomic mass is 79.9. The number of carbonyl (C=O) groups excluding carboxylic acids is 1. The monoisotopic (exact) mass is 478 g/mol. The molecular formula is C22H15BrN4O4. The Balaban J connectivity index is 1.64. The van der Waals surface area contributed by atoms with Crippen molar-refractivity contribution < 1.29 is 14.5 Å². The first-order valence-electron chi connectivity index (χ1n) is 8.97. The summed E-state index contributed by atoms with van der Waals surface area (Å²) in [4.78, 5) is 22.6. The number of nitro groups is 1. The van der Waals surface area contributed by atoms with E-state index in [1.54, 1.807) is 30.3 Å². The lowest BCUT2D eigenvalue weighted by Crippen LogP contribution is -2.18. The van der Waals surface area contributed by atoms with Gasteiger partial charge in [0.05, 0.1) is 27.2 Å². The van der Waals surface area contributed by atoms with E-state index < -0.39 is 10.8 Å². The smallest absolute Gasteiger partial charge is 0.282 e. The molecule has 9 heteroatoms. The van der Waals surface area contributed by atoms with Crippen LogP contribution in [0.1, 0.15) is 27.0 Å². The standard InChI is InChI=1S/C22H15BrN4O4/c23-19-11-15(9-10-21(19)31-14-17-6-2-1-5-16(17)12-24)13-25-26-22(28)18-7-3-4-8-20(18)27(29)30/h1-11,13H,14H2,(H,26,28)/b25-13-. The average Bonchev–Trinajstić information content (AvgIpc) is 2.78. The molecule has 0 aromatic heterocycles. The normalized spacial score (nSPS) is 10.5. The van der Waals surface area contributed by atoms with E-state index in [2.05, 4.69) is 32.5 Å². The third kappa shape index (κ3) is 5.52. The fourth-order valence-electron chi connectivity index (χ4n) is 2.68. The Labute approximate surface area is 186 Å². The van der Waals surface area contributed by atoms with Crippen molar-refractivity contribution in [1.82, 2.24) is 5.43 Å². The molecule has 1 N–H and O–H groups in total. The Morgan fingerprint density at radius 3 is 2.68 bits per heavy atom. The van der Waals surface area contributed by atoms with Crippen LogP contribution < -0.4 is 10.2 Å². The van der Waals surface area contributed by atoms with Crippen LogP contribution in [0.2, 0.25) is 0 Å². The second-order valence-electron chi connectivity index (χ2n) is 6.22. The molecule has 1 amide bonds. The minimum atomic E-state index is -0.682. The Kier molecular flexibility index (Phi) is 7.09. The maximum Gasteiger partial charge on any atom is 0.282 e. The highest BCUT2D eigenvalue weighted by Gasteiger charge is 2.18. The SMILES string of the molecule is N#Cc1ccccc1COc1ccc(/C=N\NC(=O)c2ccccc2[N+](=O)[O-])cc1Br. The van der Waals surface area contributed by atoms with Crippen molar-refractivity contribution in [3.63, 3.8) is 0 Å². The van der Waals surface area contributed by atoms with Crippen molar-refractivity contribution >= 4 is 33.7 Å². The molecule has 0 atom stereocenters. The zero-order valence-corrected chi connectivity index (χ0v) is 17.6. The number of halogens is 1. The summed E-state index contributed by atoms with van der Waals surface area (Å²) in [6.45, 7) is 0.238. The van der Waals surface area contributed by atoms with Gasteiger partial charge >= 0.3 is 0 Å². The van der Waals surface area contributed by atoms with Crippen molar-refractivity contribution in [2.24, 2.45) is 5.10 Å². The van der Waals surface area contributed by atoms with Crippen LogP contribution in [-0.4, -0.2) is 17.0 Å². The molecule has 31 heavy (non-hydrogen) atoms. The number of para-hydroxylation sites is 1. The molecular weight excluding hydrogens is 464 g/mol. The Morgan fingerprint density at radius 1 is 1.19 bits per heavy atom. The minimum absolute atomic E-state index is 0.0766. The lowest BCUT2D eigenvalue weighted by Gasteiger charge is -2.10. The van der Waals surface area contributed by atoms with Gasteiger partial charge in [0.15, 0.2) is 0 Å². The summed E-state index contributed by atoms with van der Waals surface area (Å²) in [7, 11) is 0. The average molecular weight is 479 g/mol. The van der Waals surface area contributed by atoms with Crippen LogP contribution >= 0.6 is 15.9 Å². The van der Waals surface area contributed by atoms with Gasteiger partial charge in [0.1, 0.15) is 17.9 Å². The van der Waals surface area contributed by atoms with Crippen LogP contribution in [0.4, 0.5) is 5.69 Å². The van der Waals surface area contributed by atoms with E-state index in [-0.39, 0.29) is 17.9 Å². The van der Waals surface area contributed by atoms with E-state index in [1.807, 2.05) is 12.1 Å². The lowest BCUT2D eigenvalue weighted by molar-refractivity contribution is -0.385. The number of nitrogens with one attached hydrogen (secondary N) is 1. The van der Waals surface area contributed by atoms with Gasteiger partial charge in [-0.25, -0.2) is 5.43 Å². The number of carbonyl (C=O) groups is 1. The summed E-state index contributed by atoms with van der Waals surface area (Å²) < 4.78 is 6.44. The van der Waals surface area contributed by atoms with E-state index >= 15 is 0 Å². The molecule has 3 aromatic rings. The third-order valence-corrected chi connectivity index (χ3v) is 4.82. The number of nitro benzene ring substituents is 1. The quantitative estimate of drug-likeness (QED) is 0.303. The zero-order valence-electron chi connectivity index (χ0n) is 16.0. The summed E-state index contributed by atoms with van der Waals surface area (Å²) in [6, 6.07) is 20.2. The molecule has 154 valence electrons. The van der Waals surface area contributed by atoms with Crippen LogP contribution in [0.15, 0.2) is 76.3 Å². The molecule has 0 aliphatic carbocycles. The molecule has 0 saturated heterocycles. The van der Waals surface area contributed by atoms with E-state index in [0.717, 1.165) is 5.56 Å². The summed E-state index contributed by atoms with van der Waals surface area (Å²) in [5.74, 6) is -0.104. The van der Waals surface area contributed by atoms with Crippen LogP contribution in [0.3, 0.4) is 0 Å². The summed E-state index contributed by atoms with van der Waals surface area (Å²) >= 11 is 3.43. The molecule has 0 bridgehead atoms. The fourth-order valence-corrected chi connectivity index (χ4v) is 3.19. The number of rotatable bonds is 7. The summed E-state index contributed by atoms with van der Waals surface area (Å²) in [5, 5.41) is 24.0. The lowest BCUT2D eigenvalue weighted by atomic mass is 10.1. The van der Waals surface area contributed by atoms with Crippen molar-refractivity contribution in [2.45, 2.75) is 6.61 Å². The first-order chi connectivity index (χ1) is 15.0. The van der Waals surface area contributed by atoms with Gasteiger partial charge in [-0.2, -0.15) is 10.4 Å². The largest absolute Gasteiger partial charge is 0.488 e. The number of nitriles is 1. The number of amides is 1. The van der Waals surface area contributed by atoms with Crippen molar-refractivity contribution in [3.8, 4) is 11.8 Å². The number of benzene rings is 3. The predicted octanol–water partition coefficient (Wildman–Crippen LogP) is 4.57. The van der Waals surface area contributed by atoms with Crippen LogP contribution in [0.5, 0.6) is 5.75 Å². The number of hydrogen-bond donors (Lipinski definition) is 1. The highest BCUT2D eigenvalue weighted by molar-refractivity contribution is 9.10. The van der Waals surface area contributed by atoms with Gasteiger partial charge in [-0.1, -0.05) is 30.3 Å². The van der Waals surface area contributed by atoms with Crippen molar-refractivity contribution in [2.75, 3.05) is 0 Å². The Bertz CT molecular complexity index is 1200. The number of ether oxygens (including phenoxy) is 1. The molecule has 0 saturated carbocycles. The van der Waals surface area contributed by atoms with E-state index in [4.69, 9.17) is 10.00 Å². The molecule has 0 spiro atoms. The van der Waals surface area contributed by atoms with E-state index in [9.17, 15) is 14.9 Å². The predicted molar refractivity (Wildman–Crippen MR) is 118 cm³/mol. The van der Waals surface area contributed by atoms with Gasteiger partial charge in [0.25, 0.3) is 11.6 Å². The second-order valence-corrected chi connectivity index (χ2v) is 7.08. The van der Waals surface area contributed by atoms with Crippen LogP contribution in [0.25, 0.3) is 0 Å². The van der Waals surface area contributed by atoms with Crippen molar-refractivity contribution in [3.05, 3.63) is 104 Å². The first-order valence-corrected chi connectivity index (χ1v) is 9.76. The van der Waals surface area contributed by atoms with Gasteiger partial charge in [0, 0.05) is 11.6 Å². The van der Waals surface area contributed by atoms with Gasteiger partial charge in [-0.05, 0) is 51.8 Å². The Morgan fingerprint density at radius 2 is 1.94 bits per heavy atom. The molecule has 0 aliphatic rings. The first kappa shape index (κ1) is 21.7.